The lowest BCUT2D eigenvalue weighted by atomic mass is 9.92. The van der Waals surface area contributed by atoms with E-state index in [4.69, 9.17) is 0 Å². The fourth-order valence-corrected chi connectivity index (χ4v) is 4.80. The largest absolute Gasteiger partial charge is 0.356 e. The molecule has 5 rings (SSSR count). The number of benzene rings is 1. The fourth-order valence-electron chi connectivity index (χ4n) is 4.80. The number of halogens is 1. The number of nitrogens with zero attached hydrogens (tertiary/aromatic N) is 5. The number of carbonyl (C=O) groups is 1. The molecule has 1 aromatic carbocycles. The molecule has 11 heteroatoms. The Balaban J connectivity index is 1.60. The molecule has 0 bridgehead atoms. The number of aromatic amines is 1. The Kier molecular flexibility index (Phi) is 5.83. The van der Waals surface area contributed by atoms with Crippen LogP contribution in [0.4, 0.5) is 4.39 Å². The van der Waals surface area contributed by atoms with Gasteiger partial charge in [0.15, 0.2) is 5.65 Å². The Hall–Kier alpha value is -4.02. The SMILES string of the molecule is CCCn1c(=O)c2[nH]c(-c3cnn(C(c4cccc(F)c4)C4CNC(=O)C4)c3)nc2n(CC)c1=O. The van der Waals surface area contributed by atoms with Crippen LogP contribution in [-0.4, -0.2) is 41.3 Å². The first-order chi connectivity index (χ1) is 16.9. The maximum atomic E-state index is 14.0. The van der Waals surface area contributed by atoms with Crippen LogP contribution in [0.1, 0.15) is 38.3 Å². The highest BCUT2D eigenvalue weighted by atomic mass is 19.1. The first-order valence-corrected chi connectivity index (χ1v) is 11.7. The number of H-pyrrole nitrogens is 1. The molecule has 1 aliphatic heterocycles. The van der Waals surface area contributed by atoms with Crippen molar-refractivity contribution in [2.75, 3.05) is 6.54 Å². The van der Waals surface area contributed by atoms with Gasteiger partial charge in [-0.05, 0) is 31.0 Å². The molecule has 10 nitrogen and oxygen atoms in total. The van der Waals surface area contributed by atoms with Gasteiger partial charge < -0.3 is 10.3 Å². The van der Waals surface area contributed by atoms with Crippen LogP contribution in [0.15, 0.2) is 46.2 Å². The predicted molar refractivity (Wildman–Crippen MR) is 127 cm³/mol. The first kappa shape index (κ1) is 22.8. The average Bonchev–Trinajstić information content (AvgIpc) is 3.58. The van der Waals surface area contributed by atoms with E-state index in [0.717, 1.165) is 0 Å². The van der Waals surface area contributed by atoms with E-state index in [2.05, 4.69) is 20.4 Å². The van der Waals surface area contributed by atoms with Crippen molar-refractivity contribution in [3.63, 3.8) is 0 Å². The number of rotatable bonds is 7. The summed E-state index contributed by atoms with van der Waals surface area (Å²) >= 11 is 0. The zero-order valence-electron chi connectivity index (χ0n) is 19.5. The molecule has 2 N–H and O–H groups in total. The van der Waals surface area contributed by atoms with Gasteiger partial charge in [0.25, 0.3) is 5.56 Å². The van der Waals surface area contributed by atoms with Crippen molar-refractivity contribution in [1.29, 1.82) is 0 Å². The highest BCUT2D eigenvalue weighted by Gasteiger charge is 2.32. The normalized spacial score (nSPS) is 16.7. The number of hydrogen-bond donors (Lipinski definition) is 2. The summed E-state index contributed by atoms with van der Waals surface area (Å²) in [5, 5.41) is 7.35. The molecule has 1 saturated heterocycles. The zero-order chi connectivity index (χ0) is 24.7. The number of fused-ring (bicyclic) bond motifs is 1. The Labute approximate surface area is 199 Å². The molecular weight excluding hydrogens is 453 g/mol. The summed E-state index contributed by atoms with van der Waals surface area (Å²) < 4.78 is 18.4. The second-order valence-electron chi connectivity index (χ2n) is 8.74. The number of amides is 1. The third kappa shape index (κ3) is 3.96. The number of aromatic nitrogens is 6. The van der Waals surface area contributed by atoms with Crippen LogP contribution in [0.3, 0.4) is 0 Å². The van der Waals surface area contributed by atoms with Crippen molar-refractivity contribution in [3.8, 4) is 11.4 Å². The van der Waals surface area contributed by atoms with Gasteiger partial charge in [0.2, 0.25) is 5.91 Å². The van der Waals surface area contributed by atoms with Gasteiger partial charge in [-0.1, -0.05) is 19.1 Å². The molecule has 0 spiro atoms. The predicted octanol–water partition coefficient (Wildman–Crippen LogP) is 2.04. The van der Waals surface area contributed by atoms with E-state index < -0.39 is 5.56 Å². The zero-order valence-corrected chi connectivity index (χ0v) is 19.5. The second kappa shape index (κ2) is 8.97. The minimum atomic E-state index is -0.407. The van der Waals surface area contributed by atoms with Crippen LogP contribution in [-0.2, 0) is 17.9 Å². The average molecular weight is 480 g/mol. The number of nitrogens with one attached hydrogen (secondary N) is 2. The van der Waals surface area contributed by atoms with Crippen molar-refractivity contribution in [3.05, 3.63) is 68.9 Å². The van der Waals surface area contributed by atoms with Gasteiger partial charge in [0.05, 0.1) is 17.8 Å². The highest BCUT2D eigenvalue weighted by Crippen LogP contribution is 2.32. The fraction of sp³-hybridized carbons (Fsp3) is 0.375. The summed E-state index contributed by atoms with van der Waals surface area (Å²) in [5.74, 6) is -0.130. The van der Waals surface area contributed by atoms with Gasteiger partial charge in [0.1, 0.15) is 17.2 Å². The summed E-state index contributed by atoms with van der Waals surface area (Å²) in [6.07, 6.45) is 4.32. The van der Waals surface area contributed by atoms with Crippen LogP contribution in [0.2, 0.25) is 0 Å². The van der Waals surface area contributed by atoms with E-state index in [1.807, 2.05) is 19.9 Å². The van der Waals surface area contributed by atoms with Gasteiger partial charge in [-0.3, -0.25) is 23.4 Å². The summed E-state index contributed by atoms with van der Waals surface area (Å²) in [6, 6.07) is 5.90. The lowest BCUT2D eigenvalue weighted by Gasteiger charge is -2.23. The topological polar surface area (TPSA) is 120 Å². The first-order valence-electron chi connectivity index (χ1n) is 11.7. The summed E-state index contributed by atoms with van der Waals surface area (Å²) in [4.78, 5) is 45.3. The minimum absolute atomic E-state index is 0.0537. The third-order valence-electron chi connectivity index (χ3n) is 6.43. The maximum absolute atomic E-state index is 14.0. The van der Waals surface area contributed by atoms with Crippen molar-refractivity contribution in [1.82, 2.24) is 34.2 Å². The van der Waals surface area contributed by atoms with Gasteiger partial charge in [0, 0.05) is 38.2 Å². The van der Waals surface area contributed by atoms with Crippen LogP contribution in [0.5, 0.6) is 0 Å². The molecule has 2 atom stereocenters. The Morgan fingerprint density at radius 2 is 2.03 bits per heavy atom. The maximum Gasteiger partial charge on any atom is 0.332 e. The molecule has 1 fully saturated rings. The molecule has 1 amide bonds. The highest BCUT2D eigenvalue weighted by molar-refractivity contribution is 5.78. The smallest absolute Gasteiger partial charge is 0.332 e. The summed E-state index contributed by atoms with van der Waals surface area (Å²) in [6.45, 7) is 4.88. The third-order valence-corrected chi connectivity index (χ3v) is 6.43. The monoisotopic (exact) mass is 479 g/mol. The number of aryl methyl sites for hydroxylation is 1. The lowest BCUT2D eigenvalue weighted by molar-refractivity contribution is -0.119. The number of carbonyl (C=O) groups excluding carboxylic acids is 1. The summed E-state index contributed by atoms with van der Waals surface area (Å²) in [7, 11) is 0. The Morgan fingerprint density at radius 3 is 2.71 bits per heavy atom. The molecule has 0 aliphatic carbocycles. The molecule has 2 unspecified atom stereocenters. The van der Waals surface area contributed by atoms with E-state index in [1.54, 1.807) is 23.1 Å². The van der Waals surface area contributed by atoms with Crippen LogP contribution in [0.25, 0.3) is 22.6 Å². The minimum Gasteiger partial charge on any atom is -0.356 e. The molecule has 182 valence electrons. The molecule has 1 aliphatic rings. The molecule has 0 saturated carbocycles. The number of hydrogen-bond acceptors (Lipinski definition) is 5. The van der Waals surface area contributed by atoms with Crippen LogP contribution >= 0.6 is 0 Å². The van der Waals surface area contributed by atoms with Gasteiger partial charge in [-0.15, -0.1) is 0 Å². The van der Waals surface area contributed by atoms with E-state index in [1.165, 1.54) is 21.3 Å². The molecule has 3 aromatic heterocycles. The standard InChI is InChI=1S/C24H26FN7O3/c1-3-8-31-23(34)19-22(30(4-2)24(31)35)29-21(28-19)16-12-27-32(13-16)20(15-10-18(33)26-11-15)14-6-5-7-17(25)9-14/h5-7,9,12-13,15,20H,3-4,8,10-11H2,1-2H3,(H,26,33)(H,28,29). The van der Waals surface area contributed by atoms with E-state index in [-0.39, 0.29) is 34.9 Å². The second-order valence-corrected chi connectivity index (χ2v) is 8.74. The molecule has 4 aromatic rings. The van der Waals surface area contributed by atoms with Gasteiger partial charge in [-0.25, -0.2) is 14.2 Å². The van der Waals surface area contributed by atoms with Crippen molar-refractivity contribution < 1.29 is 9.18 Å². The quantitative estimate of drug-likeness (QED) is 0.420. The Morgan fingerprint density at radius 1 is 1.20 bits per heavy atom. The molecule has 4 heterocycles. The van der Waals surface area contributed by atoms with Crippen molar-refractivity contribution in [2.24, 2.45) is 5.92 Å². The number of imidazole rings is 1. The lowest BCUT2D eigenvalue weighted by Crippen LogP contribution is -2.39. The van der Waals surface area contributed by atoms with E-state index in [0.29, 0.717) is 55.1 Å². The Bertz CT molecular complexity index is 1530. The molecular formula is C24H26FN7O3. The molecule has 0 radical (unpaired) electrons. The van der Waals surface area contributed by atoms with Gasteiger partial charge >= 0.3 is 5.69 Å². The van der Waals surface area contributed by atoms with Crippen LogP contribution in [0, 0.1) is 11.7 Å². The van der Waals surface area contributed by atoms with Crippen molar-refractivity contribution >= 4 is 17.1 Å². The molecule has 35 heavy (non-hydrogen) atoms. The van der Waals surface area contributed by atoms with Crippen LogP contribution < -0.4 is 16.6 Å². The van der Waals surface area contributed by atoms with Crippen molar-refractivity contribution in [2.45, 2.75) is 45.8 Å². The summed E-state index contributed by atoms with van der Waals surface area (Å²) in [5.41, 5.74) is 1.07. The van der Waals surface area contributed by atoms with Gasteiger partial charge in [-0.2, -0.15) is 5.10 Å². The van der Waals surface area contributed by atoms with E-state index in [9.17, 15) is 18.8 Å². The van der Waals surface area contributed by atoms with E-state index >= 15 is 0 Å².